The molecule has 0 spiro atoms. The topological polar surface area (TPSA) is 89.9 Å². The smallest absolute Gasteiger partial charge is 0.335 e. The van der Waals surface area contributed by atoms with Gasteiger partial charge in [0, 0.05) is 24.0 Å². The zero-order valence-corrected chi connectivity index (χ0v) is 15.1. The highest BCUT2D eigenvalue weighted by Crippen LogP contribution is 2.29. The lowest BCUT2D eigenvalue weighted by Gasteiger charge is -2.26. The number of thiophene rings is 1. The zero-order valence-electron chi connectivity index (χ0n) is 14.3. The number of likely N-dealkylation sites (tertiary alicyclic amines) is 1. The van der Waals surface area contributed by atoms with Crippen LogP contribution in [0.25, 0.3) is 0 Å². The fourth-order valence-corrected chi connectivity index (χ4v) is 3.97. The third-order valence-corrected chi connectivity index (χ3v) is 5.62. The largest absolute Gasteiger partial charge is 0.478 e. The summed E-state index contributed by atoms with van der Waals surface area (Å²) in [6, 6.07) is 10.2. The highest BCUT2D eigenvalue weighted by Gasteiger charge is 2.30. The molecule has 0 radical (unpaired) electrons. The van der Waals surface area contributed by atoms with Gasteiger partial charge in [-0.3, -0.25) is 0 Å². The van der Waals surface area contributed by atoms with Crippen molar-refractivity contribution in [2.24, 2.45) is 0 Å². The van der Waals surface area contributed by atoms with Crippen LogP contribution >= 0.6 is 11.3 Å². The predicted molar refractivity (Wildman–Crippen MR) is 99.3 cm³/mol. The van der Waals surface area contributed by atoms with Gasteiger partial charge in [-0.2, -0.15) is 0 Å². The molecule has 3 N–H and O–H groups in total. The van der Waals surface area contributed by atoms with E-state index in [1.54, 1.807) is 17.0 Å². The van der Waals surface area contributed by atoms with Gasteiger partial charge in [0.05, 0.1) is 11.7 Å². The molecule has 1 aliphatic rings. The van der Waals surface area contributed by atoms with E-state index in [0.29, 0.717) is 19.5 Å². The van der Waals surface area contributed by atoms with Crippen LogP contribution < -0.4 is 5.32 Å². The number of amides is 2. The molecule has 2 atom stereocenters. The van der Waals surface area contributed by atoms with E-state index in [4.69, 9.17) is 5.11 Å². The quantitative estimate of drug-likeness (QED) is 0.724. The van der Waals surface area contributed by atoms with Crippen molar-refractivity contribution in [2.45, 2.75) is 38.0 Å². The normalized spacial score (nSPS) is 17.9. The van der Waals surface area contributed by atoms with Crippen LogP contribution in [0.1, 0.15) is 46.2 Å². The van der Waals surface area contributed by atoms with Crippen molar-refractivity contribution in [2.75, 3.05) is 6.54 Å². The van der Waals surface area contributed by atoms with Gasteiger partial charge in [-0.15, -0.1) is 11.3 Å². The summed E-state index contributed by atoms with van der Waals surface area (Å²) in [6.07, 6.45) is 1.82. The van der Waals surface area contributed by atoms with Gasteiger partial charge in [0.25, 0.3) is 0 Å². The minimum absolute atomic E-state index is 0.0292. The number of aromatic carboxylic acids is 1. The Morgan fingerprint density at radius 1 is 1.27 bits per heavy atom. The lowest BCUT2D eigenvalue weighted by Crippen LogP contribution is -2.43. The van der Waals surface area contributed by atoms with Gasteiger partial charge in [-0.25, -0.2) is 9.59 Å². The summed E-state index contributed by atoms with van der Waals surface area (Å²) in [5.74, 6) is -0.968. The fourth-order valence-electron chi connectivity index (χ4n) is 3.25. The van der Waals surface area contributed by atoms with E-state index in [1.165, 1.54) is 23.5 Å². The second-order valence-corrected chi connectivity index (χ2v) is 7.40. The van der Waals surface area contributed by atoms with Crippen LogP contribution in [0.15, 0.2) is 41.8 Å². The maximum atomic E-state index is 12.5. The van der Waals surface area contributed by atoms with Crippen LogP contribution in [-0.4, -0.2) is 39.7 Å². The number of hydrogen-bond donors (Lipinski definition) is 3. The Balaban J connectivity index is 1.53. The second-order valence-electron chi connectivity index (χ2n) is 6.42. The molecule has 0 saturated carbocycles. The maximum Gasteiger partial charge on any atom is 0.335 e. The first-order chi connectivity index (χ1) is 12.5. The van der Waals surface area contributed by atoms with Crippen LogP contribution in [-0.2, 0) is 6.54 Å². The highest BCUT2D eigenvalue weighted by molar-refractivity contribution is 7.10. The second kappa shape index (κ2) is 8.33. The number of carboxylic acid groups (broad SMARTS) is 1. The molecule has 2 amide bonds. The molecule has 1 saturated heterocycles. The molecule has 2 unspecified atom stereocenters. The van der Waals surface area contributed by atoms with Crippen LogP contribution in [0.3, 0.4) is 0 Å². The molecule has 1 aliphatic heterocycles. The van der Waals surface area contributed by atoms with Crippen molar-refractivity contribution in [1.29, 1.82) is 0 Å². The monoisotopic (exact) mass is 374 g/mol. The summed E-state index contributed by atoms with van der Waals surface area (Å²) in [5, 5.41) is 24.1. The number of carboxylic acids is 1. The number of aliphatic hydroxyl groups excluding tert-OH is 1. The molecule has 2 aromatic rings. The average molecular weight is 374 g/mol. The first-order valence-electron chi connectivity index (χ1n) is 8.63. The Bertz CT molecular complexity index is 745. The minimum atomic E-state index is -0.968. The number of benzene rings is 1. The van der Waals surface area contributed by atoms with Crippen molar-refractivity contribution in [3.63, 3.8) is 0 Å². The molecule has 2 heterocycles. The lowest BCUT2D eigenvalue weighted by atomic mass is 10.1. The van der Waals surface area contributed by atoms with Gasteiger partial charge < -0.3 is 20.4 Å². The molecule has 3 rings (SSSR count). The summed E-state index contributed by atoms with van der Waals surface area (Å²) in [5.41, 5.74) is 1.07. The molecule has 1 aromatic heterocycles. The Morgan fingerprint density at radius 2 is 2.04 bits per heavy atom. The Labute approximate surface area is 156 Å². The SMILES string of the molecule is O=C(O)c1ccc(CNC(=O)N2CCCC2CC(O)c2cccs2)cc1. The molecule has 0 aliphatic carbocycles. The highest BCUT2D eigenvalue weighted by atomic mass is 32.1. The van der Waals surface area contributed by atoms with Crippen molar-refractivity contribution >= 4 is 23.3 Å². The van der Waals surface area contributed by atoms with Crippen LogP contribution in [0.4, 0.5) is 4.79 Å². The number of aliphatic hydroxyl groups is 1. The number of nitrogens with one attached hydrogen (secondary N) is 1. The molecule has 0 bridgehead atoms. The standard InChI is InChI=1S/C19H22N2O4S/c22-16(17-4-2-10-26-17)11-15-3-1-9-21(15)19(25)20-12-13-5-7-14(8-6-13)18(23)24/h2,4-8,10,15-16,22H,1,3,9,11-12H2,(H,20,25)(H,23,24). The van der Waals surface area contributed by atoms with E-state index in [-0.39, 0.29) is 17.6 Å². The summed E-state index contributed by atoms with van der Waals surface area (Å²) < 4.78 is 0. The zero-order chi connectivity index (χ0) is 18.5. The predicted octanol–water partition coefficient (Wildman–Crippen LogP) is 3.24. The van der Waals surface area contributed by atoms with Crippen molar-refractivity contribution in [1.82, 2.24) is 10.2 Å². The van der Waals surface area contributed by atoms with Crippen LogP contribution in [0.5, 0.6) is 0 Å². The van der Waals surface area contributed by atoms with Crippen molar-refractivity contribution in [3.05, 3.63) is 57.8 Å². The Morgan fingerprint density at radius 3 is 2.69 bits per heavy atom. The number of carbonyl (C=O) groups excluding carboxylic acids is 1. The van der Waals surface area contributed by atoms with E-state index < -0.39 is 12.1 Å². The first kappa shape index (κ1) is 18.4. The molecular weight excluding hydrogens is 352 g/mol. The van der Waals surface area contributed by atoms with Gasteiger partial charge >= 0.3 is 12.0 Å². The minimum Gasteiger partial charge on any atom is -0.478 e. The first-order valence-corrected chi connectivity index (χ1v) is 9.50. The van der Waals surface area contributed by atoms with E-state index in [1.807, 2.05) is 17.5 Å². The number of rotatable bonds is 6. The van der Waals surface area contributed by atoms with E-state index in [9.17, 15) is 14.7 Å². The number of urea groups is 1. The Kier molecular flexibility index (Phi) is 5.90. The molecule has 26 heavy (non-hydrogen) atoms. The van der Waals surface area contributed by atoms with E-state index in [0.717, 1.165) is 23.3 Å². The van der Waals surface area contributed by atoms with Crippen molar-refractivity contribution in [3.8, 4) is 0 Å². The third kappa shape index (κ3) is 4.42. The Hall–Kier alpha value is -2.38. The summed E-state index contributed by atoms with van der Waals surface area (Å²) in [6.45, 7) is 1.03. The van der Waals surface area contributed by atoms with Crippen molar-refractivity contribution < 1.29 is 19.8 Å². The van der Waals surface area contributed by atoms with Crippen LogP contribution in [0, 0.1) is 0 Å². The summed E-state index contributed by atoms with van der Waals surface area (Å²) in [4.78, 5) is 26.1. The van der Waals surface area contributed by atoms with E-state index >= 15 is 0 Å². The summed E-state index contributed by atoms with van der Waals surface area (Å²) >= 11 is 1.52. The third-order valence-electron chi connectivity index (χ3n) is 4.65. The molecule has 7 heteroatoms. The molecule has 1 fully saturated rings. The van der Waals surface area contributed by atoms with Gasteiger partial charge in [0.2, 0.25) is 0 Å². The number of hydrogen-bond acceptors (Lipinski definition) is 4. The van der Waals surface area contributed by atoms with Gasteiger partial charge in [-0.1, -0.05) is 18.2 Å². The van der Waals surface area contributed by atoms with Gasteiger partial charge in [-0.05, 0) is 48.4 Å². The number of carbonyl (C=O) groups is 2. The van der Waals surface area contributed by atoms with Crippen LogP contribution in [0.2, 0.25) is 0 Å². The lowest BCUT2D eigenvalue weighted by molar-refractivity contribution is 0.0696. The van der Waals surface area contributed by atoms with Gasteiger partial charge in [0.15, 0.2) is 0 Å². The number of nitrogens with zero attached hydrogens (tertiary/aromatic N) is 1. The maximum absolute atomic E-state index is 12.5. The van der Waals surface area contributed by atoms with E-state index in [2.05, 4.69) is 5.32 Å². The fraction of sp³-hybridized carbons (Fsp3) is 0.368. The average Bonchev–Trinajstić information content (AvgIpc) is 3.31. The molecular formula is C19H22N2O4S. The molecule has 6 nitrogen and oxygen atoms in total. The summed E-state index contributed by atoms with van der Waals surface area (Å²) in [7, 11) is 0. The molecule has 138 valence electrons. The molecule has 1 aromatic carbocycles. The van der Waals surface area contributed by atoms with Gasteiger partial charge in [0.1, 0.15) is 0 Å².